The predicted molar refractivity (Wildman–Crippen MR) is 118 cm³/mol. The van der Waals surface area contributed by atoms with Crippen LogP contribution in [0.25, 0.3) is 0 Å². The van der Waals surface area contributed by atoms with Gasteiger partial charge >= 0.3 is 0 Å². The fraction of sp³-hybridized carbons (Fsp3) is 0.231. The van der Waals surface area contributed by atoms with Gasteiger partial charge in [0.2, 0.25) is 5.91 Å². The minimum Gasteiger partial charge on any atom is -0.497 e. The Morgan fingerprint density at radius 3 is 2.32 bits per heavy atom. The second kappa shape index (κ2) is 9.13. The van der Waals surface area contributed by atoms with Gasteiger partial charge in [-0.1, -0.05) is 42.5 Å². The Morgan fingerprint density at radius 2 is 1.68 bits per heavy atom. The number of anilines is 1. The molecule has 3 aromatic rings. The number of rotatable bonds is 7. The summed E-state index contributed by atoms with van der Waals surface area (Å²) in [7, 11) is 1.60. The molecular weight excluding hydrogens is 393 g/mol. The number of benzene rings is 3. The third-order valence-corrected chi connectivity index (χ3v) is 5.80. The van der Waals surface area contributed by atoms with Crippen LogP contribution in [0.15, 0.2) is 78.9 Å². The number of hydrogen-bond acceptors (Lipinski definition) is 3. The summed E-state index contributed by atoms with van der Waals surface area (Å²) in [5.74, 6) is -0.0680. The van der Waals surface area contributed by atoms with Crippen LogP contribution in [0.5, 0.6) is 5.75 Å². The van der Waals surface area contributed by atoms with Gasteiger partial charge in [0.25, 0.3) is 0 Å². The number of nitrogens with zero attached hydrogens (tertiary/aromatic N) is 1. The van der Waals surface area contributed by atoms with E-state index >= 15 is 0 Å². The lowest BCUT2D eigenvalue weighted by Crippen LogP contribution is -2.41. The van der Waals surface area contributed by atoms with Crippen molar-refractivity contribution < 1.29 is 18.7 Å². The molecule has 1 saturated heterocycles. The molecule has 3 aromatic carbocycles. The van der Waals surface area contributed by atoms with Gasteiger partial charge in [0.15, 0.2) is 5.78 Å². The van der Waals surface area contributed by atoms with Crippen molar-refractivity contribution in [2.24, 2.45) is 0 Å². The van der Waals surface area contributed by atoms with Crippen LogP contribution in [0.3, 0.4) is 0 Å². The normalized spacial score (nSPS) is 18.3. The van der Waals surface area contributed by atoms with Crippen molar-refractivity contribution in [2.75, 3.05) is 12.0 Å². The van der Waals surface area contributed by atoms with E-state index < -0.39 is 6.04 Å². The minimum absolute atomic E-state index is 0.000142. The Hall–Kier alpha value is -3.47. The van der Waals surface area contributed by atoms with Crippen molar-refractivity contribution in [1.82, 2.24) is 0 Å². The molecule has 0 unspecified atom stereocenters. The number of halogens is 1. The Kier molecular flexibility index (Phi) is 6.12. The zero-order valence-corrected chi connectivity index (χ0v) is 17.3. The van der Waals surface area contributed by atoms with E-state index in [0.717, 1.165) is 16.9 Å². The molecule has 0 N–H and O–H groups in total. The van der Waals surface area contributed by atoms with Crippen LogP contribution < -0.4 is 9.64 Å². The molecule has 0 saturated carbocycles. The number of ether oxygens (including phenoxy) is 1. The van der Waals surface area contributed by atoms with Gasteiger partial charge in [-0.2, -0.15) is 0 Å². The van der Waals surface area contributed by atoms with Gasteiger partial charge in [0.1, 0.15) is 17.6 Å². The molecule has 1 aliphatic rings. The average molecular weight is 417 g/mol. The van der Waals surface area contributed by atoms with Gasteiger partial charge in [-0.15, -0.1) is 0 Å². The molecule has 0 spiro atoms. The maximum absolute atomic E-state index is 13.5. The largest absolute Gasteiger partial charge is 0.497 e. The number of methoxy groups -OCH3 is 1. The number of amides is 1. The summed E-state index contributed by atoms with van der Waals surface area (Å²) in [6, 6.07) is 22.4. The first-order chi connectivity index (χ1) is 15.1. The second-order valence-electron chi connectivity index (χ2n) is 7.72. The second-order valence-corrected chi connectivity index (χ2v) is 7.72. The predicted octanol–water partition coefficient (Wildman–Crippen LogP) is 4.93. The van der Waals surface area contributed by atoms with E-state index in [-0.39, 0.29) is 29.8 Å². The SMILES string of the molecule is COc1ccc([C@H]2CC(=O)N(c3ccc(F)cc3)[C@@H]2C(=O)CCc2ccccc2)cc1. The zero-order valence-electron chi connectivity index (χ0n) is 17.3. The molecule has 1 fully saturated rings. The quantitative estimate of drug-likeness (QED) is 0.548. The Bertz CT molecular complexity index is 1050. The number of Topliss-reactive ketones (excluding diaryl/α,β-unsaturated/α-hetero) is 1. The molecule has 0 radical (unpaired) electrons. The van der Waals surface area contributed by atoms with Crippen LogP contribution in [0, 0.1) is 5.82 Å². The monoisotopic (exact) mass is 417 g/mol. The molecule has 0 aliphatic carbocycles. The highest BCUT2D eigenvalue weighted by Crippen LogP contribution is 2.39. The molecule has 4 nitrogen and oxygen atoms in total. The van der Waals surface area contributed by atoms with Crippen LogP contribution in [-0.4, -0.2) is 24.8 Å². The summed E-state index contributed by atoms with van der Waals surface area (Å²) in [6.07, 6.45) is 1.16. The molecule has 31 heavy (non-hydrogen) atoms. The Labute approximate surface area is 181 Å². The van der Waals surface area contributed by atoms with Crippen LogP contribution >= 0.6 is 0 Å². The van der Waals surface area contributed by atoms with Crippen LogP contribution in [0.4, 0.5) is 10.1 Å². The van der Waals surface area contributed by atoms with Gasteiger partial charge in [-0.3, -0.25) is 9.59 Å². The lowest BCUT2D eigenvalue weighted by Gasteiger charge is -2.27. The molecular formula is C26H24FNO3. The van der Waals surface area contributed by atoms with Crippen LogP contribution in [-0.2, 0) is 16.0 Å². The maximum Gasteiger partial charge on any atom is 0.228 e. The van der Waals surface area contributed by atoms with Gasteiger partial charge in [0.05, 0.1) is 7.11 Å². The lowest BCUT2D eigenvalue weighted by atomic mass is 9.87. The highest BCUT2D eigenvalue weighted by Gasteiger charge is 2.45. The van der Waals surface area contributed by atoms with E-state index in [1.54, 1.807) is 24.1 Å². The third-order valence-electron chi connectivity index (χ3n) is 5.80. The first-order valence-electron chi connectivity index (χ1n) is 10.3. The van der Waals surface area contributed by atoms with Crippen molar-refractivity contribution in [3.8, 4) is 5.75 Å². The van der Waals surface area contributed by atoms with Crippen molar-refractivity contribution >= 4 is 17.4 Å². The fourth-order valence-electron chi connectivity index (χ4n) is 4.22. The number of carbonyl (C=O) groups excluding carboxylic acids is 2. The van der Waals surface area contributed by atoms with E-state index in [1.807, 2.05) is 54.6 Å². The zero-order chi connectivity index (χ0) is 21.8. The molecule has 0 aromatic heterocycles. The maximum atomic E-state index is 13.5. The summed E-state index contributed by atoms with van der Waals surface area (Å²) in [6.45, 7) is 0. The average Bonchev–Trinajstić information content (AvgIpc) is 3.16. The molecule has 5 heteroatoms. The Balaban J connectivity index is 1.65. The minimum atomic E-state index is -0.630. The molecule has 0 bridgehead atoms. The van der Waals surface area contributed by atoms with Gasteiger partial charge in [0, 0.05) is 24.4 Å². The van der Waals surface area contributed by atoms with E-state index in [2.05, 4.69) is 0 Å². The summed E-state index contributed by atoms with van der Waals surface area (Å²) in [5, 5.41) is 0. The van der Waals surface area contributed by atoms with Gasteiger partial charge in [-0.25, -0.2) is 4.39 Å². The van der Waals surface area contributed by atoms with E-state index in [9.17, 15) is 14.0 Å². The standard InChI is InChI=1S/C26H24FNO3/c1-31-22-14-8-19(9-15-22)23-17-25(30)28(21-12-10-20(27)11-13-21)26(23)24(29)16-7-18-5-3-2-4-6-18/h2-6,8-15,23,26H,7,16-17H2,1H3/t23-,26+/m1/s1. The highest BCUT2D eigenvalue weighted by molar-refractivity contribution is 6.06. The first kappa shape index (κ1) is 20.8. The third kappa shape index (κ3) is 4.50. The summed E-state index contributed by atoms with van der Waals surface area (Å²) < 4.78 is 18.7. The van der Waals surface area contributed by atoms with Crippen molar-refractivity contribution in [3.63, 3.8) is 0 Å². The lowest BCUT2D eigenvalue weighted by molar-refractivity contribution is -0.122. The van der Waals surface area contributed by atoms with E-state index in [0.29, 0.717) is 18.5 Å². The van der Waals surface area contributed by atoms with E-state index in [1.165, 1.54) is 12.1 Å². The van der Waals surface area contributed by atoms with Crippen molar-refractivity contribution in [2.45, 2.75) is 31.2 Å². The number of carbonyl (C=O) groups is 2. The molecule has 1 aliphatic heterocycles. The number of ketones is 1. The number of hydrogen-bond donors (Lipinski definition) is 0. The summed E-state index contributed by atoms with van der Waals surface area (Å²) in [4.78, 5) is 28.0. The van der Waals surface area contributed by atoms with Crippen LogP contribution in [0.2, 0.25) is 0 Å². The molecule has 1 heterocycles. The molecule has 2 atom stereocenters. The molecule has 158 valence electrons. The van der Waals surface area contributed by atoms with Gasteiger partial charge in [-0.05, 0) is 53.9 Å². The summed E-state index contributed by atoms with van der Waals surface area (Å²) >= 11 is 0. The smallest absolute Gasteiger partial charge is 0.228 e. The van der Waals surface area contributed by atoms with Crippen molar-refractivity contribution in [1.29, 1.82) is 0 Å². The molecule has 1 amide bonds. The number of aryl methyl sites for hydroxylation is 1. The summed E-state index contributed by atoms with van der Waals surface area (Å²) in [5.41, 5.74) is 2.53. The topological polar surface area (TPSA) is 46.6 Å². The first-order valence-corrected chi connectivity index (χ1v) is 10.3. The highest BCUT2D eigenvalue weighted by atomic mass is 19.1. The fourth-order valence-corrected chi connectivity index (χ4v) is 4.22. The van der Waals surface area contributed by atoms with Gasteiger partial charge < -0.3 is 9.64 Å². The van der Waals surface area contributed by atoms with Crippen molar-refractivity contribution in [3.05, 3.63) is 95.8 Å². The molecule has 4 rings (SSSR count). The Morgan fingerprint density at radius 1 is 1.00 bits per heavy atom. The van der Waals surface area contributed by atoms with Crippen LogP contribution in [0.1, 0.15) is 29.9 Å². The van der Waals surface area contributed by atoms with E-state index in [4.69, 9.17) is 4.74 Å².